The van der Waals surface area contributed by atoms with Gasteiger partial charge in [-0.25, -0.2) is 4.79 Å². The molecule has 0 spiro atoms. The Morgan fingerprint density at radius 3 is 2.72 bits per heavy atom. The normalized spacial score (nSPS) is 23.9. The molecule has 0 bridgehead atoms. The van der Waals surface area contributed by atoms with Crippen LogP contribution in [0.25, 0.3) is 0 Å². The highest BCUT2D eigenvalue weighted by Crippen LogP contribution is 2.21. The summed E-state index contributed by atoms with van der Waals surface area (Å²) in [4.78, 5) is 13.4. The van der Waals surface area contributed by atoms with Gasteiger partial charge in [0.05, 0.1) is 7.11 Å². The van der Waals surface area contributed by atoms with E-state index in [9.17, 15) is 4.79 Å². The summed E-state index contributed by atoms with van der Waals surface area (Å²) in [6.07, 6.45) is -0.658. The smallest absolute Gasteiger partial charge is 0.438 e. The minimum absolute atomic E-state index is 0.0684. The molecular weight excluding hydrogens is 230 g/mol. The van der Waals surface area contributed by atoms with E-state index in [1.165, 1.54) is 12.7 Å². The van der Waals surface area contributed by atoms with Gasteiger partial charge in [0.25, 0.3) is 0 Å². The lowest BCUT2D eigenvalue weighted by Gasteiger charge is -2.15. The monoisotopic (exact) mass is 249 g/mol. The molecule has 1 aromatic carbocycles. The molecule has 0 aliphatic carbocycles. The molecule has 0 radical (unpaired) electrons. The Balaban J connectivity index is 1.88. The molecule has 0 aromatic heterocycles. The molecule has 0 N–H and O–H groups in total. The molecular formula is C14H19NO3. The molecule has 2 unspecified atom stereocenters. The first-order chi connectivity index (χ1) is 8.69. The van der Waals surface area contributed by atoms with E-state index >= 15 is 0 Å². The molecule has 2 rings (SSSR count). The van der Waals surface area contributed by atoms with Crippen LogP contribution in [0.2, 0.25) is 0 Å². The highest BCUT2D eigenvalue weighted by Gasteiger charge is 2.32. The Kier molecular flexibility index (Phi) is 4.20. The average Bonchev–Trinajstić information content (AvgIpc) is 2.70. The van der Waals surface area contributed by atoms with Crippen LogP contribution in [0.5, 0.6) is 0 Å². The number of benzene rings is 1. The Morgan fingerprint density at radius 1 is 1.33 bits per heavy atom. The Morgan fingerprint density at radius 2 is 2.06 bits per heavy atom. The zero-order valence-electron chi connectivity index (χ0n) is 10.8. The predicted octanol–water partition coefficient (Wildman–Crippen LogP) is 2.29. The van der Waals surface area contributed by atoms with Crippen molar-refractivity contribution in [1.82, 2.24) is 4.90 Å². The SMILES string of the molecule is COC(=O)OC1CN(Cc2ccccc2)CC1C. The number of methoxy groups -OCH3 is 1. The van der Waals surface area contributed by atoms with Gasteiger partial charge in [-0.15, -0.1) is 0 Å². The first-order valence-corrected chi connectivity index (χ1v) is 6.20. The zero-order chi connectivity index (χ0) is 13.0. The number of hydrogen-bond donors (Lipinski definition) is 0. The number of hydrogen-bond acceptors (Lipinski definition) is 4. The van der Waals surface area contributed by atoms with Crippen molar-refractivity contribution in [3.63, 3.8) is 0 Å². The Hall–Kier alpha value is -1.55. The molecule has 1 aromatic rings. The molecule has 2 atom stereocenters. The summed E-state index contributed by atoms with van der Waals surface area (Å²) in [7, 11) is 1.34. The highest BCUT2D eigenvalue weighted by molar-refractivity contribution is 5.59. The molecule has 98 valence electrons. The summed E-state index contributed by atoms with van der Waals surface area (Å²) >= 11 is 0. The summed E-state index contributed by atoms with van der Waals surface area (Å²) in [5.41, 5.74) is 1.28. The van der Waals surface area contributed by atoms with Crippen molar-refractivity contribution in [1.29, 1.82) is 0 Å². The molecule has 1 saturated heterocycles. The van der Waals surface area contributed by atoms with E-state index in [0.717, 1.165) is 19.6 Å². The van der Waals surface area contributed by atoms with Crippen LogP contribution in [0.1, 0.15) is 12.5 Å². The molecule has 1 fully saturated rings. The van der Waals surface area contributed by atoms with Gasteiger partial charge in [-0.3, -0.25) is 4.90 Å². The van der Waals surface area contributed by atoms with E-state index in [-0.39, 0.29) is 6.10 Å². The fourth-order valence-corrected chi connectivity index (χ4v) is 2.33. The first-order valence-electron chi connectivity index (χ1n) is 6.20. The zero-order valence-corrected chi connectivity index (χ0v) is 10.8. The van der Waals surface area contributed by atoms with Crippen molar-refractivity contribution < 1.29 is 14.3 Å². The molecule has 1 aliphatic rings. The van der Waals surface area contributed by atoms with Crippen LogP contribution in [0.15, 0.2) is 30.3 Å². The third kappa shape index (κ3) is 3.23. The predicted molar refractivity (Wildman–Crippen MR) is 68.2 cm³/mol. The fraction of sp³-hybridized carbons (Fsp3) is 0.500. The maximum atomic E-state index is 11.1. The standard InChI is InChI=1S/C14H19NO3/c1-11-8-15(9-12-6-4-3-5-7-12)10-13(11)18-14(16)17-2/h3-7,11,13H,8-10H2,1-2H3. The van der Waals surface area contributed by atoms with E-state index in [1.54, 1.807) is 0 Å². The summed E-state index contributed by atoms with van der Waals surface area (Å²) < 4.78 is 9.77. The third-order valence-corrected chi connectivity index (χ3v) is 3.28. The molecule has 1 aliphatic heterocycles. The van der Waals surface area contributed by atoms with Crippen LogP contribution >= 0.6 is 0 Å². The van der Waals surface area contributed by atoms with Crippen LogP contribution < -0.4 is 0 Å². The van der Waals surface area contributed by atoms with Crippen LogP contribution in [0.4, 0.5) is 4.79 Å². The summed E-state index contributed by atoms with van der Waals surface area (Å²) in [5.74, 6) is 0.341. The van der Waals surface area contributed by atoms with Gasteiger partial charge in [0.1, 0.15) is 6.10 Å². The molecule has 0 amide bonds. The van der Waals surface area contributed by atoms with Gasteiger partial charge < -0.3 is 9.47 Å². The molecule has 18 heavy (non-hydrogen) atoms. The van der Waals surface area contributed by atoms with Crippen LogP contribution in [0, 0.1) is 5.92 Å². The maximum absolute atomic E-state index is 11.1. The van der Waals surface area contributed by atoms with E-state index in [4.69, 9.17) is 4.74 Å². The Labute approximate surface area is 107 Å². The summed E-state index contributed by atoms with van der Waals surface area (Å²) in [6, 6.07) is 10.3. The van der Waals surface area contributed by atoms with Crippen molar-refractivity contribution in [2.75, 3.05) is 20.2 Å². The van der Waals surface area contributed by atoms with Crippen LogP contribution in [0.3, 0.4) is 0 Å². The van der Waals surface area contributed by atoms with Crippen molar-refractivity contribution in [3.05, 3.63) is 35.9 Å². The van der Waals surface area contributed by atoms with Gasteiger partial charge in [0.15, 0.2) is 0 Å². The molecule has 4 heteroatoms. The first kappa shape index (κ1) is 12.9. The van der Waals surface area contributed by atoms with Crippen LogP contribution in [-0.4, -0.2) is 37.4 Å². The van der Waals surface area contributed by atoms with Gasteiger partial charge in [-0.05, 0) is 5.56 Å². The van der Waals surface area contributed by atoms with Gasteiger partial charge >= 0.3 is 6.16 Å². The topological polar surface area (TPSA) is 38.8 Å². The second kappa shape index (κ2) is 5.87. The largest absolute Gasteiger partial charge is 0.508 e. The van der Waals surface area contributed by atoms with Crippen molar-refractivity contribution in [3.8, 4) is 0 Å². The van der Waals surface area contributed by atoms with Crippen molar-refractivity contribution in [2.24, 2.45) is 5.92 Å². The second-order valence-corrected chi connectivity index (χ2v) is 4.77. The minimum Gasteiger partial charge on any atom is -0.438 e. The third-order valence-electron chi connectivity index (χ3n) is 3.28. The van der Waals surface area contributed by atoms with E-state index in [2.05, 4.69) is 28.7 Å². The second-order valence-electron chi connectivity index (χ2n) is 4.77. The number of likely N-dealkylation sites (tertiary alicyclic amines) is 1. The molecule has 1 heterocycles. The van der Waals surface area contributed by atoms with Crippen LogP contribution in [-0.2, 0) is 16.0 Å². The van der Waals surface area contributed by atoms with Gasteiger partial charge in [-0.1, -0.05) is 37.3 Å². The number of nitrogens with zero attached hydrogens (tertiary/aromatic N) is 1. The quantitative estimate of drug-likeness (QED) is 0.770. The highest BCUT2D eigenvalue weighted by atomic mass is 16.7. The average molecular weight is 249 g/mol. The number of rotatable bonds is 3. The maximum Gasteiger partial charge on any atom is 0.508 e. The van der Waals surface area contributed by atoms with Gasteiger partial charge in [0, 0.05) is 25.6 Å². The Bertz CT molecular complexity index is 393. The summed E-state index contributed by atoms with van der Waals surface area (Å²) in [6.45, 7) is 4.70. The molecule has 4 nitrogen and oxygen atoms in total. The van der Waals surface area contributed by atoms with E-state index < -0.39 is 6.16 Å². The van der Waals surface area contributed by atoms with E-state index in [0.29, 0.717) is 5.92 Å². The van der Waals surface area contributed by atoms with Crippen molar-refractivity contribution >= 4 is 6.16 Å². The number of ether oxygens (including phenoxy) is 2. The van der Waals surface area contributed by atoms with Gasteiger partial charge in [0.2, 0.25) is 0 Å². The van der Waals surface area contributed by atoms with Crippen molar-refractivity contribution in [2.45, 2.75) is 19.6 Å². The summed E-state index contributed by atoms with van der Waals surface area (Å²) in [5, 5.41) is 0. The fourth-order valence-electron chi connectivity index (χ4n) is 2.33. The number of carbonyl (C=O) groups excluding carboxylic acids is 1. The lowest BCUT2D eigenvalue weighted by atomic mass is 10.1. The van der Waals surface area contributed by atoms with Gasteiger partial charge in [-0.2, -0.15) is 0 Å². The lowest BCUT2D eigenvalue weighted by molar-refractivity contribution is 0.0285. The lowest BCUT2D eigenvalue weighted by Crippen LogP contribution is -2.26. The minimum atomic E-state index is -0.589. The molecule has 0 saturated carbocycles. The van der Waals surface area contributed by atoms with E-state index in [1.807, 2.05) is 18.2 Å². The number of carbonyl (C=O) groups is 1.